The lowest BCUT2D eigenvalue weighted by molar-refractivity contribution is 0.916. The van der Waals surface area contributed by atoms with E-state index in [4.69, 9.17) is 0 Å². The van der Waals surface area contributed by atoms with E-state index in [1.165, 1.54) is 0 Å². The maximum absolute atomic E-state index is 4.26. The van der Waals surface area contributed by atoms with Crippen molar-refractivity contribution in [2.45, 2.75) is 0 Å². The fourth-order valence-corrected chi connectivity index (χ4v) is 1.48. The van der Waals surface area contributed by atoms with Crippen molar-refractivity contribution in [1.29, 1.82) is 0 Å². The van der Waals surface area contributed by atoms with E-state index in [2.05, 4.69) is 15.5 Å². The van der Waals surface area contributed by atoms with Crippen LogP contribution in [0.5, 0.6) is 0 Å². The summed E-state index contributed by atoms with van der Waals surface area (Å²) in [5, 5.41) is 4.14. The van der Waals surface area contributed by atoms with Gasteiger partial charge in [-0.1, -0.05) is 0 Å². The van der Waals surface area contributed by atoms with Crippen molar-refractivity contribution in [1.82, 2.24) is 19.3 Å². The van der Waals surface area contributed by atoms with Crippen molar-refractivity contribution in [3.8, 4) is 0 Å². The van der Waals surface area contributed by atoms with Crippen molar-refractivity contribution in [2.75, 3.05) is 5.43 Å². The standard InChI is InChI=1S/C10H9N5/c1-2-7-14(6-1)13-10-9-3-4-12-15(9)8-5-11-10/h1-8H,(H,11,13). The molecule has 5 nitrogen and oxygen atoms in total. The molecule has 0 amide bonds. The predicted molar refractivity (Wildman–Crippen MR) is 56.4 cm³/mol. The highest BCUT2D eigenvalue weighted by molar-refractivity contribution is 5.66. The van der Waals surface area contributed by atoms with Gasteiger partial charge in [-0.25, -0.2) is 9.50 Å². The van der Waals surface area contributed by atoms with E-state index in [-0.39, 0.29) is 0 Å². The summed E-state index contributed by atoms with van der Waals surface area (Å²) >= 11 is 0. The Kier molecular flexibility index (Phi) is 1.68. The van der Waals surface area contributed by atoms with E-state index in [9.17, 15) is 0 Å². The van der Waals surface area contributed by atoms with Crippen LogP contribution in [0.4, 0.5) is 5.82 Å². The highest BCUT2D eigenvalue weighted by Crippen LogP contribution is 2.12. The molecule has 0 atom stereocenters. The average Bonchev–Trinajstić information content (AvgIpc) is 2.87. The zero-order valence-corrected chi connectivity index (χ0v) is 7.91. The van der Waals surface area contributed by atoms with Crippen LogP contribution in [0, 0.1) is 0 Å². The van der Waals surface area contributed by atoms with Crippen LogP contribution in [0.15, 0.2) is 49.2 Å². The van der Waals surface area contributed by atoms with Crippen LogP contribution < -0.4 is 5.43 Å². The second-order valence-corrected chi connectivity index (χ2v) is 3.14. The molecule has 0 aromatic carbocycles. The summed E-state index contributed by atoms with van der Waals surface area (Å²) in [4.78, 5) is 4.26. The van der Waals surface area contributed by atoms with Crippen molar-refractivity contribution in [3.05, 3.63) is 49.2 Å². The van der Waals surface area contributed by atoms with Gasteiger partial charge in [0.2, 0.25) is 0 Å². The van der Waals surface area contributed by atoms with Crippen LogP contribution in [0.25, 0.3) is 5.52 Å². The molecule has 0 aliphatic rings. The number of nitrogens with one attached hydrogen (secondary N) is 1. The highest BCUT2D eigenvalue weighted by Gasteiger charge is 2.01. The van der Waals surface area contributed by atoms with Crippen LogP contribution in [-0.4, -0.2) is 19.3 Å². The molecule has 5 heteroatoms. The Morgan fingerprint density at radius 3 is 2.80 bits per heavy atom. The Hall–Kier alpha value is -2.30. The first-order valence-electron chi connectivity index (χ1n) is 4.62. The number of anilines is 1. The molecule has 0 unspecified atom stereocenters. The van der Waals surface area contributed by atoms with Gasteiger partial charge in [-0.05, 0) is 18.2 Å². The van der Waals surface area contributed by atoms with Gasteiger partial charge in [0, 0.05) is 24.8 Å². The minimum Gasteiger partial charge on any atom is -0.276 e. The number of nitrogens with zero attached hydrogens (tertiary/aromatic N) is 4. The summed E-state index contributed by atoms with van der Waals surface area (Å²) in [5.74, 6) is 0.784. The van der Waals surface area contributed by atoms with Gasteiger partial charge in [-0.2, -0.15) is 5.10 Å². The molecule has 0 radical (unpaired) electrons. The molecular weight excluding hydrogens is 190 g/mol. The van der Waals surface area contributed by atoms with Crippen LogP contribution >= 0.6 is 0 Å². The number of fused-ring (bicyclic) bond motifs is 1. The lowest BCUT2D eigenvalue weighted by Crippen LogP contribution is -2.08. The van der Waals surface area contributed by atoms with Gasteiger partial charge in [-0.3, -0.25) is 10.1 Å². The van der Waals surface area contributed by atoms with E-state index >= 15 is 0 Å². The monoisotopic (exact) mass is 199 g/mol. The largest absolute Gasteiger partial charge is 0.276 e. The summed E-state index contributed by atoms with van der Waals surface area (Å²) in [6.07, 6.45) is 9.11. The molecule has 0 saturated heterocycles. The van der Waals surface area contributed by atoms with Crippen LogP contribution in [-0.2, 0) is 0 Å². The molecule has 0 fully saturated rings. The molecule has 3 aromatic rings. The molecule has 15 heavy (non-hydrogen) atoms. The zero-order chi connectivity index (χ0) is 10.1. The van der Waals surface area contributed by atoms with Crippen molar-refractivity contribution < 1.29 is 0 Å². The minimum atomic E-state index is 0.784. The van der Waals surface area contributed by atoms with E-state index < -0.39 is 0 Å². The molecule has 3 rings (SSSR count). The Morgan fingerprint density at radius 2 is 1.93 bits per heavy atom. The first kappa shape index (κ1) is 8.05. The topological polar surface area (TPSA) is 47.2 Å². The second kappa shape index (κ2) is 3.13. The van der Waals surface area contributed by atoms with Gasteiger partial charge in [0.15, 0.2) is 5.82 Å². The Bertz CT molecular complexity index is 566. The fraction of sp³-hybridized carbons (Fsp3) is 0. The minimum absolute atomic E-state index is 0.784. The lowest BCUT2D eigenvalue weighted by Gasteiger charge is -2.07. The molecular formula is C10H9N5. The van der Waals surface area contributed by atoms with Crippen LogP contribution in [0.2, 0.25) is 0 Å². The third-order valence-corrected chi connectivity index (χ3v) is 2.16. The summed E-state index contributed by atoms with van der Waals surface area (Å²) in [6.45, 7) is 0. The van der Waals surface area contributed by atoms with E-state index in [1.54, 1.807) is 16.9 Å². The smallest absolute Gasteiger partial charge is 0.171 e. The highest BCUT2D eigenvalue weighted by atomic mass is 15.4. The maximum Gasteiger partial charge on any atom is 0.171 e. The Balaban J connectivity index is 2.07. The second-order valence-electron chi connectivity index (χ2n) is 3.14. The van der Waals surface area contributed by atoms with E-state index in [1.807, 2.05) is 41.5 Å². The quantitative estimate of drug-likeness (QED) is 0.678. The number of aromatic nitrogens is 4. The van der Waals surface area contributed by atoms with Gasteiger partial charge in [0.25, 0.3) is 0 Å². The first-order chi connectivity index (χ1) is 7.43. The molecule has 0 saturated carbocycles. The molecule has 3 heterocycles. The number of hydrogen-bond acceptors (Lipinski definition) is 3. The first-order valence-corrected chi connectivity index (χ1v) is 4.62. The lowest BCUT2D eigenvalue weighted by atomic mass is 10.5. The van der Waals surface area contributed by atoms with Gasteiger partial charge < -0.3 is 0 Å². The summed E-state index contributed by atoms with van der Waals surface area (Å²) in [7, 11) is 0. The average molecular weight is 199 g/mol. The molecule has 0 bridgehead atoms. The van der Waals surface area contributed by atoms with Gasteiger partial charge >= 0.3 is 0 Å². The Morgan fingerprint density at radius 1 is 1.07 bits per heavy atom. The van der Waals surface area contributed by atoms with Gasteiger partial charge in [-0.15, -0.1) is 0 Å². The summed E-state index contributed by atoms with van der Waals surface area (Å²) < 4.78 is 3.62. The van der Waals surface area contributed by atoms with Gasteiger partial charge in [0.05, 0.1) is 6.20 Å². The summed E-state index contributed by atoms with van der Waals surface area (Å²) in [6, 6.07) is 5.81. The predicted octanol–water partition coefficient (Wildman–Crippen LogP) is 1.41. The molecule has 1 N–H and O–H groups in total. The fourth-order valence-electron chi connectivity index (χ4n) is 1.48. The number of hydrogen-bond donors (Lipinski definition) is 1. The SMILES string of the molecule is c1ccn(Nc2nccn3nccc23)c1. The third-order valence-electron chi connectivity index (χ3n) is 2.16. The molecule has 3 aromatic heterocycles. The Labute approximate surface area is 86.0 Å². The van der Waals surface area contributed by atoms with E-state index in [0.717, 1.165) is 11.3 Å². The zero-order valence-electron chi connectivity index (χ0n) is 7.91. The van der Waals surface area contributed by atoms with Crippen LogP contribution in [0.1, 0.15) is 0 Å². The molecule has 0 aliphatic heterocycles. The van der Waals surface area contributed by atoms with Crippen molar-refractivity contribution in [3.63, 3.8) is 0 Å². The summed E-state index contributed by atoms with van der Waals surface area (Å²) in [5.41, 5.74) is 4.11. The van der Waals surface area contributed by atoms with Crippen molar-refractivity contribution in [2.24, 2.45) is 0 Å². The molecule has 74 valence electrons. The van der Waals surface area contributed by atoms with Crippen LogP contribution in [0.3, 0.4) is 0 Å². The maximum atomic E-state index is 4.26. The third kappa shape index (κ3) is 1.34. The molecule has 0 spiro atoms. The van der Waals surface area contributed by atoms with E-state index in [0.29, 0.717) is 0 Å². The van der Waals surface area contributed by atoms with Gasteiger partial charge in [0.1, 0.15) is 5.52 Å². The number of rotatable bonds is 2. The molecule has 0 aliphatic carbocycles. The van der Waals surface area contributed by atoms with Crippen molar-refractivity contribution >= 4 is 11.3 Å². The normalized spacial score (nSPS) is 10.7.